The second-order valence-electron chi connectivity index (χ2n) is 5.09. The molecule has 0 heterocycles. The molecule has 2 N–H and O–H groups in total. The Morgan fingerprint density at radius 1 is 1.00 bits per heavy atom. The lowest BCUT2D eigenvalue weighted by Crippen LogP contribution is -2.19. The van der Waals surface area contributed by atoms with Gasteiger partial charge in [0.15, 0.2) is 0 Å². The van der Waals surface area contributed by atoms with E-state index in [2.05, 4.69) is 4.74 Å². The van der Waals surface area contributed by atoms with E-state index in [-0.39, 0.29) is 12.3 Å². The summed E-state index contributed by atoms with van der Waals surface area (Å²) < 4.78 is 4.55. The second kappa shape index (κ2) is 7.56. The second-order valence-corrected chi connectivity index (χ2v) is 5.09. The van der Waals surface area contributed by atoms with Crippen molar-refractivity contribution in [2.75, 3.05) is 0 Å². The number of carboxylic acids is 2. The van der Waals surface area contributed by atoms with Crippen LogP contribution < -0.4 is 0 Å². The van der Waals surface area contributed by atoms with Gasteiger partial charge in [-0.1, -0.05) is 12.8 Å². The van der Waals surface area contributed by atoms with Gasteiger partial charge in [0, 0.05) is 12.0 Å². The van der Waals surface area contributed by atoms with E-state index in [4.69, 9.17) is 10.2 Å². The zero-order valence-corrected chi connectivity index (χ0v) is 11.8. The van der Waals surface area contributed by atoms with Crippen LogP contribution in [0.15, 0.2) is 11.1 Å². The van der Waals surface area contributed by atoms with Crippen LogP contribution >= 0.6 is 0 Å². The zero-order valence-electron chi connectivity index (χ0n) is 11.8. The van der Waals surface area contributed by atoms with Gasteiger partial charge in [-0.2, -0.15) is 0 Å². The molecule has 0 aromatic heterocycles. The van der Waals surface area contributed by atoms with E-state index in [1.165, 1.54) is 0 Å². The van der Waals surface area contributed by atoms with Crippen LogP contribution in [-0.4, -0.2) is 34.1 Å². The normalized spacial score (nSPS) is 16.2. The molecule has 0 amide bonds. The van der Waals surface area contributed by atoms with E-state index in [1.54, 1.807) is 0 Å². The molecule has 7 heteroatoms. The van der Waals surface area contributed by atoms with Crippen LogP contribution in [0.4, 0.5) is 0 Å². The average Bonchev–Trinajstić information content (AvgIpc) is 2.87. The van der Waals surface area contributed by atoms with Crippen LogP contribution in [0.1, 0.15) is 45.4 Å². The molecule has 1 saturated carbocycles. The first-order valence-electron chi connectivity index (χ1n) is 6.71. The molecule has 0 radical (unpaired) electrons. The van der Waals surface area contributed by atoms with Crippen LogP contribution in [-0.2, 0) is 23.9 Å². The van der Waals surface area contributed by atoms with Gasteiger partial charge in [-0.25, -0.2) is 9.59 Å². The first-order chi connectivity index (χ1) is 9.81. The Labute approximate surface area is 121 Å². The standard InChI is InChI=1S/C14H18O7/c1-8(13(17)18)10(14(19)20)7-12(16)21-11(15)6-9-4-2-3-5-9/h9H,2-7H2,1H3,(H,17,18)(H,19,20)/b10-8+. The van der Waals surface area contributed by atoms with E-state index in [9.17, 15) is 19.2 Å². The molecule has 116 valence electrons. The van der Waals surface area contributed by atoms with Gasteiger partial charge >= 0.3 is 23.9 Å². The minimum atomic E-state index is -1.52. The van der Waals surface area contributed by atoms with E-state index in [0.29, 0.717) is 0 Å². The lowest BCUT2D eigenvalue weighted by Gasteiger charge is -2.08. The molecule has 0 aromatic carbocycles. The van der Waals surface area contributed by atoms with Crippen LogP contribution in [0.2, 0.25) is 0 Å². The summed E-state index contributed by atoms with van der Waals surface area (Å²) in [5.74, 6) is -4.48. The number of ether oxygens (including phenoxy) is 1. The number of carboxylic acid groups (broad SMARTS) is 2. The molecule has 0 unspecified atom stereocenters. The van der Waals surface area contributed by atoms with Crippen molar-refractivity contribution in [3.63, 3.8) is 0 Å². The van der Waals surface area contributed by atoms with Gasteiger partial charge in [0.1, 0.15) is 0 Å². The Balaban J connectivity index is 2.58. The summed E-state index contributed by atoms with van der Waals surface area (Å²) in [6.45, 7) is 1.08. The highest BCUT2D eigenvalue weighted by Gasteiger charge is 2.24. The Hall–Kier alpha value is -2.18. The van der Waals surface area contributed by atoms with Crippen molar-refractivity contribution in [3.05, 3.63) is 11.1 Å². The predicted octanol–water partition coefficient (Wildman–Crippen LogP) is 1.51. The van der Waals surface area contributed by atoms with E-state index >= 15 is 0 Å². The third-order valence-electron chi connectivity index (χ3n) is 3.51. The largest absolute Gasteiger partial charge is 0.478 e. The minimum absolute atomic E-state index is 0.135. The molecule has 0 spiro atoms. The first-order valence-corrected chi connectivity index (χ1v) is 6.71. The fourth-order valence-electron chi connectivity index (χ4n) is 2.30. The number of aliphatic carboxylic acids is 2. The summed E-state index contributed by atoms with van der Waals surface area (Å²) in [5, 5.41) is 17.6. The molecule has 1 aliphatic rings. The van der Waals surface area contributed by atoms with Crippen molar-refractivity contribution in [1.29, 1.82) is 0 Å². The van der Waals surface area contributed by atoms with Gasteiger partial charge in [0.05, 0.1) is 12.0 Å². The lowest BCUT2D eigenvalue weighted by molar-refractivity contribution is -0.160. The van der Waals surface area contributed by atoms with Crippen molar-refractivity contribution < 1.29 is 34.1 Å². The van der Waals surface area contributed by atoms with Crippen LogP contribution in [0, 0.1) is 5.92 Å². The lowest BCUT2D eigenvalue weighted by atomic mass is 10.0. The molecule has 1 fully saturated rings. The van der Waals surface area contributed by atoms with Crippen LogP contribution in [0.3, 0.4) is 0 Å². The highest BCUT2D eigenvalue weighted by Crippen LogP contribution is 2.27. The van der Waals surface area contributed by atoms with Crippen molar-refractivity contribution in [2.45, 2.75) is 45.4 Å². The number of hydrogen-bond acceptors (Lipinski definition) is 5. The van der Waals surface area contributed by atoms with Gasteiger partial charge < -0.3 is 14.9 Å². The van der Waals surface area contributed by atoms with Crippen LogP contribution in [0.5, 0.6) is 0 Å². The molecular formula is C14H18O7. The maximum absolute atomic E-state index is 11.5. The number of hydrogen-bond donors (Lipinski definition) is 2. The Morgan fingerprint density at radius 3 is 2.05 bits per heavy atom. The van der Waals surface area contributed by atoms with Crippen molar-refractivity contribution >= 4 is 23.9 Å². The van der Waals surface area contributed by atoms with Gasteiger partial charge in [-0.3, -0.25) is 9.59 Å². The Morgan fingerprint density at radius 2 is 1.57 bits per heavy atom. The van der Waals surface area contributed by atoms with Crippen molar-refractivity contribution in [2.24, 2.45) is 5.92 Å². The predicted molar refractivity (Wildman–Crippen MR) is 70.3 cm³/mol. The average molecular weight is 298 g/mol. The SMILES string of the molecule is C/C(C(=O)O)=C(/CC(=O)OC(=O)CC1CCCC1)C(=O)O. The van der Waals surface area contributed by atoms with Crippen molar-refractivity contribution in [1.82, 2.24) is 0 Å². The maximum atomic E-state index is 11.5. The fraction of sp³-hybridized carbons (Fsp3) is 0.571. The Bertz CT molecular complexity index is 484. The molecule has 21 heavy (non-hydrogen) atoms. The molecule has 0 bridgehead atoms. The smallest absolute Gasteiger partial charge is 0.332 e. The van der Waals surface area contributed by atoms with E-state index < -0.39 is 41.4 Å². The number of carbonyl (C=O) groups excluding carboxylic acids is 2. The minimum Gasteiger partial charge on any atom is -0.478 e. The fourth-order valence-corrected chi connectivity index (χ4v) is 2.30. The summed E-state index contributed by atoms with van der Waals surface area (Å²) >= 11 is 0. The molecule has 0 atom stereocenters. The summed E-state index contributed by atoms with van der Waals surface area (Å²) in [6, 6.07) is 0. The molecule has 0 aliphatic heterocycles. The summed E-state index contributed by atoms with van der Waals surface area (Å²) in [6.07, 6.45) is 3.33. The summed E-state index contributed by atoms with van der Waals surface area (Å²) in [4.78, 5) is 44.7. The van der Waals surface area contributed by atoms with Gasteiger partial charge in [0.25, 0.3) is 0 Å². The maximum Gasteiger partial charge on any atom is 0.332 e. The van der Waals surface area contributed by atoms with Crippen LogP contribution in [0.25, 0.3) is 0 Å². The zero-order chi connectivity index (χ0) is 16.0. The Kier molecular flexibility index (Phi) is 6.08. The van der Waals surface area contributed by atoms with Crippen molar-refractivity contribution in [3.8, 4) is 0 Å². The molecule has 0 aromatic rings. The first kappa shape index (κ1) is 16.9. The summed E-state index contributed by atoms with van der Waals surface area (Å²) in [7, 11) is 0. The summed E-state index contributed by atoms with van der Waals surface area (Å²) in [5.41, 5.74) is -1.04. The molecular weight excluding hydrogens is 280 g/mol. The number of rotatable bonds is 6. The van der Waals surface area contributed by atoms with E-state index in [0.717, 1.165) is 32.6 Å². The molecule has 0 saturated heterocycles. The molecule has 7 nitrogen and oxygen atoms in total. The third-order valence-corrected chi connectivity index (χ3v) is 3.51. The van der Waals surface area contributed by atoms with E-state index in [1.807, 2.05) is 0 Å². The quantitative estimate of drug-likeness (QED) is 0.433. The molecule has 1 aliphatic carbocycles. The monoisotopic (exact) mass is 298 g/mol. The molecule has 1 rings (SSSR count). The third kappa shape index (κ3) is 5.37. The van der Waals surface area contributed by atoms with Gasteiger partial charge in [0.2, 0.25) is 0 Å². The number of carbonyl (C=O) groups is 4. The highest BCUT2D eigenvalue weighted by atomic mass is 16.6. The van der Waals surface area contributed by atoms with Gasteiger partial charge in [-0.05, 0) is 25.7 Å². The van der Waals surface area contributed by atoms with Gasteiger partial charge in [-0.15, -0.1) is 0 Å². The topological polar surface area (TPSA) is 118 Å². The highest BCUT2D eigenvalue weighted by molar-refractivity contribution is 6.02. The number of esters is 2.